The first-order valence-corrected chi connectivity index (χ1v) is 8.10. The Balaban J connectivity index is 1.34. The average molecular weight is 311 g/mol. The maximum atomic E-state index is 6.18. The first-order chi connectivity index (χ1) is 11.3. The summed E-state index contributed by atoms with van der Waals surface area (Å²) in [5.74, 6) is 0.684. The lowest BCUT2D eigenvalue weighted by Gasteiger charge is -2.23. The number of hydrogen-bond acceptors (Lipinski definition) is 6. The van der Waals surface area contributed by atoms with E-state index in [1.165, 1.54) is 5.56 Å². The van der Waals surface area contributed by atoms with Crippen LogP contribution in [-0.4, -0.2) is 51.2 Å². The Kier molecular flexibility index (Phi) is 3.93. The number of nitrogens with zero attached hydrogens (tertiary/aromatic N) is 4. The van der Waals surface area contributed by atoms with Gasteiger partial charge in [-0.05, 0) is 24.1 Å². The summed E-state index contributed by atoms with van der Waals surface area (Å²) in [4.78, 5) is 15.1. The molecule has 2 aromatic rings. The largest absolute Gasteiger partial charge is 0.371 e. The number of hydrogen-bond donors (Lipinski definition) is 1. The molecular formula is C17H21N5O. The Bertz CT molecular complexity index is 578. The molecule has 2 atom stereocenters. The summed E-state index contributed by atoms with van der Waals surface area (Å²) in [6.07, 6.45) is 9.36. The Morgan fingerprint density at radius 2 is 2.17 bits per heavy atom. The Morgan fingerprint density at radius 1 is 1.26 bits per heavy atom. The molecule has 2 fully saturated rings. The van der Waals surface area contributed by atoms with E-state index in [-0.39, 0.29) is 11.6 Å². The van der Waals surface area contributed by atoms with Gasteiger partial charge in [0.05, 0.1) is 18.2 Å². The number of anilines is 1. The second-order valence-corrected chi connectivity index (χ2v) is 6.43. The minimum absolute atomic E-state index is 0.0192. The molecule has 1 N–H and O–H groups in total. The predicted molar refractivity (Wildman–Crippen MR) is 86.9 cm³/mol. The molecule has 4 rings (SSSR count). The fraction of sp³-hybridized carbons (Fsp3) is 0.471. The Labute approximate surface area is 135 Å². The van der Waals surface area contributed by atoms with Crippen LogP contribution in [-0.2, 0) is 11.3 Å². The molecule has 2 aromatic heterocycles. The molecule has 2 aliphatic heterocycles. The van der Waals surface area contributed by atoms with Crippen LogP contribution in [0.25, 0.3) is 0 Å². The third-order valence-corrected chi connectivity index (χ3v) is 4.63. The fourth-order valence-corrected chi connectivity index (χ4v) is 3.59. The van der Waals surface area contributed by atoms with Crippen molar-refractivity contribution < 1.29 is 4.74 Å². The van der Waals surface area contributed by atoms with Crippen LogP contribution in [0.3, 0.4) is 0 Å². The summed E-state index contributed by atoms with van der Waals surface area (Å²) in [6, 6.07) is 6.23. The van der Waals surface area contributed by atoms with Gasteiger partial charge in [-0.25, -0.2) is 9.97 Å². The molecule has 0 bridgehead atoms. The van der Waals surface area contributed by atoms with Crippen molar-refractivity contribution in [1.29, 1.82) is 0 Å². The van der Waals surface area contributed by atoms with E-state index in [0.29, 0.717) is 5.95 Å². The van der Waals surface area contributed by atoms with Crippen LogP contribution in [0.5, 0.6) is 0 Å². The van der Waals surface area contributed by atoms with Crippen LogP contribution in [0.2, 0.25) is 0 Å². The highest BCUT2D eigenvalue weighted by Gasteiger charge is 2.45. The van der Waals surface area contributed by atoms with Crippen molar-refractivity contribution in [2.45, 2.75) is 31.0 Å². The first-order valence-electron chi connectivity index (χ1n) is 8.10. The molecule has 2 aliphatic rings. The van der Waals surface area contributed by atoms with Crippen LogP contribution in [0.1, 0.15) is 18.4 Å². The minimum atomic E-state index is -0.0192. The van der Waals surface area contributed by atoms with Gasteiger partial charge < -0.3 is 10.1 Å². The van der Waals surface area contributed by atoms with Gasteiger partial charge in [0.1, 0.15) is 0 Å². The summed E-state index contributed by atoms with van der Waals surface area (Å²) >= 11 is 0. The quantitative estimate of drug-likeness (QED) is 0.927. The summed E-state index contributed by atoms with van der Waals surface area (Å²) < 4.78 is 6.18. The van der Waals surface area contributed by atoms with E-state index < -0.39 is 0 Å². The lowest BCUT2D eigenvalue weighted by atomic mass is 9.97. The number of likely N-dealkylation sites (tertiary alicyclic amines) is 1. The van der Waals surface area contributed by atoms with Crippen molar-refractivity contribution in [1.82, 2.24) is 19.9 Å². The number of nitrogens with one attached hydrogen (secondary N) is 1. The number of aromatic nitrogens is 3. The van der Waals surface area contributed by atoms with E-state index in [4.69, 9.17) is 4.74 Å². The minimum Gasteiger partial charge on any atom is -0.371 e. The molecule has 1 spiro atoms. The van der Waals surface area contributed by atoms with Crippen molar-refractivity contribution in [3.05, 3.63) is 48.5 Å². The predicted octanol–water partition coefficient (Wildman–Crippen LogP) is 1.72. The van der Waals surface area contributed by atoms with Crippen LogP contribution in [0.4, 0.5) is 5.95 Å². The van der Waals surface area contributed by atoms with Gasteiger partial charge in [-0.15, -0.1) is 0 Å². The normalized spacial score (nSPS) is 27.6. The summed E-state index contributed by atoms with van der Waals surface area (Å²) in [7, 11) is 0. The maximum Gasteiger partial charge on any atom is 0.222 e. The Hall–Kier alpha value is -2.05. The van der Waals surface area contributed by atoms with Crippen molar-refractivity contribution >= 4 is 5.95 Å². The summed E-state index contributed by atoms with van der Waals surface area (Å²) in [5.41, 5.74) is 1.24. The van der Waals surface area contributed by atoms with Crippen molar-refractivity contribution in [3.63, 3.8) is 0 Å². The summed E-state index contributed by atoms with van der Waals surface area (Å²) in [6.45, 7) is 3.72. The van der Waals surface area contributed by atoms with E-state index in [0.717, 1.165) is 39.1 Å². The molecule has 0 aromatic carbocycles. The fourth-order valence-electron chi connectivity index (χ4n) is 3.59. The van der Waals surface area contributed by atoms with Gasteiger partial charge in [-0.1, -0.05) is 6.07 Å². The monoisotopic (exact) mass is 311 g/mol. The van der Waals surface area contributed by atoms with Gasteiger partial charge >= 0.3 is 0 Å². The highest BCUT2D eigenvalue weighted by molar-refractivity contribution is 5.25. The second kappa shape index (κ2) is 6.22. The van der Waals surface area contributed by atoms with Crippen LogP contribution >= 0.6 is 0 Å². The lowest BCUT2D eigenvalue weighted by molar-refractivity contribution is 0.0120. The number of pyridine rings is 1. The molecule has 2 saturated heterocycles. The molecule has 0 radical (unpaired) electrons. The molecule has 0 amide bonds. The zero-order valence-electron chi connectivity index (χ0n) is 13.1. The second-order valence-electron chi connectivity index (χ2n) is 6.43. The standard InChI is InChI=1S/C17H21N5O/c1-3-14(10-18-5-1)11-22-8-4-17(13-22)9-15(12-23-17)21-16-19-6-2-7-20-16/h1-3,5-7,10,15H,4,8-9,11-13H2,(H,19,20,21)/t15-,17+/m1/s1. The molecule has 0 unspecified atom stereocenters. The summed E-state index contributed by atoms with van der Waals surface area (Å²) in [5, 5.41) is 3.38. The zero-order valence-corrected chi connectivity index (χ0v) is 13.1. The molecule has 0 aliphatic carbocycles. The molecule has 4 heterocycles. The third-order valence-electron chi connectivity index (χ3n) is 4.63. The highest BCUT2D eigenvalue weighted by Crippen LogP contribution is 2.36. The molecule has 0 saturated carbocycles. The lowest BCUT2D eigenvalue weighted by Crippen LogP contribution is -2.33. The van der Waals surface area contributed by atoms with Gasteiger partial charge in [0.15, 0.2) is 0 Å². The third kappa shape index (κ3) is 3.33. The van der Waals surface area contributed by atoms with Crippen LogP contribution in [0.15, 0.2) is 43.0 Å². The van der Waals surface area contributed by atoms with Gasteiger partial charge in [-0.3, -0.25) is 9.88 Å². The highest BCUT2D eigenvalue weighted by atomic mass is 16.5. The van der Waals surface area contributed by atoms with E-state index in [1.54, 1.807) is 12.4 Å². The van der Waals surface area contributed by atoms with E-state index in [2.05, 4.69) is 31.2 Å². The topological polar surface area (TPSA) is 63.2 Å². The molecule has 23 heavy (non-hydrogen) atoms. The van der Waals surface area contributed by atoms with Gasteiger partial charge in [-0.2, -0.15) is 0 Å². The van der Waals surface area contributed by atoms with Gasteiger partial charge in [0, 0.05) is 50.8 Å². The van der Waals surface area contributed by atoms with Crippen molar-refractivity contribution in [2.24, 2.45) is 0 Å². The molecule has 6 heteroatoms. The molecular weight excluding hydrogens is 290 g/mol. The number of rotatable bonds is 4. The van der Waals surface area contributed by atoms with E-state index in [1.807, 2.05) is 24.5 Å². The zero-order chi connectivity index (χ0) is 15.5. The number of ether oxygens (including phenoxy) is 1. The average Bonchev–Trinajstić information content (AvgIpc) is 3.16. The first kappa shape index (κ1) is 14.5. The van der Waals surface area contributed by atoms with Gasteiger partial charge in [0.2, 0.25) is 5.95 Å². The molecule has 6 nitrogen and oxygen atoms in total. The SMILES string of the molecule is c1cnc(N[C@H]2CO[C@@]3(CCN(Cc4cccnc4)C3)C2)nc1. The van der Waals surface area contributed by atoms with Crippen molar-refractivity contribution in [2.75, 3.05) is 25.0 Å². The van der Waals surface area contributed by atoms with Crippen molar-refractivity contribution in [3.8, 4) is 0 Å². The van der Waals surface area contributed by atoms with E-state index >= 15 is 0 Å². The maximum absolute atomic E-state index is 6.18. The van der Waals surface area contributed by atoms with Crippen LogP contribution in [0, 0.1) is 0 Å². The smallest absolute Gasteiger partial charge is 0.222 e. The van der Waals surface area contributed by atoms with E-state index in [9.17, 15) is 0 Å². The Morgan fingerprint density at radius 3 is 3.00 bits per heavy atom. The van der Waals surface area contributed by atoms with Gasteiger partial charge in [0.25, 0.3) is 0 Å². The van der Waals surface area contributed by atoms with Crippen LogP contribution < -0.4 is 5.32 Å². The molecule has 120 valence electrons.